The predicted octanol–water partition coefficient (Wildman–Crippen LogP) is -0.0613. The zero-order valence-corrected chi connectivity index (χ0v) is 7.05. The van der Waals surface area contributed by atoms with E-state index in [9.17, 15) is 0 Å². The standard InChI is InChI=1S/C4H10ClO4P/c1-2-3(6)4(7,8)10(5)9/h3,6-9H,2H2,1H3. The molecule has 10 heavy (non-hydrogen) atoms. The van der Waals surface area contributed by atoms with Crippen LogP contribution in [0, 0.1) is 0 Å². The molecule has 0 heterocycles. The highest BCUT2D eigenvalue weighted by Crippen LogP contribution is 2.49. The fourth-order valence-electron chi connectivity index (χ4n) is 0.397. The van der Waals surface area contributed by atoms with E-state index in [-0.39, 0.29) is 6.42 Å². The lowest BCUT2D eigenvalue weighted by molar-refractivity contribution is -0.161. The largest absolute Gasteiger partial charge is 0.387 e. The molecule has 4 N–H and O–H groups in total. The third-order valence-electron chi connectivity index (χ3n) is 1.11. The Balaban J connectivity index is 4.09. The summed E-state index contributed by atoms with van der Waals surface area (Å²) in [4.78, 5) is 8.55. The lowest BCUT2D eigenvalue weighted by Crippen LogP contribution is -2.38. The molecule has 0 aliphatic rings. The van der Waals surface area contributed by atoms with Crippen molar-refractivity contribution in [2.45, 2.75) is 25.0 Å². The number of aliphatic hydroxyl groups is 3. The molecule has 0 aliphatic carbocycles. The molecule has 0 aromatic heterocycles. The maximum Gasteiger partial charge on any atom is 0.249 e. The zero-order valence-electron chi connectivity index (χ0n) is 5.40. The smallest absolute Gasteiger partial charge is 0.249 e. The minimum absolute atomic E-state index is 0.124. The summed E-state index contributed by atoms with van der Waals surface area (Å²) in [6.45, 7) is 1.54. The van der Waals surface area contributed by atoms with Crippen molar-refractivity contribution >= 4 is 18.7 Å². The van der Waals surface area contributed by atoms with Gasteiger partial charge in [0.1, 0.15) is 6.10 Å². The van der Waals surface area contributed by atoms with E-state index in [1.165, 1.54) is 0 Å². The first-order valence-electron chi connectivity index (χ1n) is 2.70. The predicted molar refractivity (Wildman–Crippen MR) is 38.5 cm³/mol. The van der Waals surface area contributed by atoms with Crippen LogP contribution in [-0.2, 0) is 0 Å². The van der Waals surface area contributed by atoms with Crippen molar-refractivity contribution in [3.63, 3.8) is 0 Å². The monoisotopic (exact) mass is 188 g/mol. The van der Waals surface area contributed by atoms with Crippen molar-refractivity contribution in [3.8, 4) is 0 Å². The maximum atomic E-state index is 8.83. The topological polar surface area (TPSA) is 80.9 Å². The summed E-state index contributed by atoms with van der Waals surface area (Å²) in [6, 6.07) is 0. The van der Waals surface area contributed by atoms with Crippen LogP contribution in [0.2, 0.25) is 0 Å². The van der Waals surface area contributed by atoms with Crippen LogP contribution in [0.3, 0.4) is 0 Å². The van der Waals surface area contributed by atoms with E-state index in [0.717, 1.165) is 0 Å². The maximum absolute atomic E-state index is 8.83. The second-order valence-corrected chi connectivity index (χ2v) is 4.01. The fraction of sp³-hybridized carbons (Fsp3) is 1.00. The van der Waals surface area contributed by atoms with Gasteiger partial charge in [-0.2, -0.15) is 0 Å². The highest BCUT2D eigenvalue weighted by Gasteiger charge is 2.39. The molecule has 0 saturated heterocycles. The number of halogens is 1. The van der Waals surface area contributed by atoms with Gasteiger partial charge in [0.25, 0.3) is 0 Å². The van der Waals surface area contributed by atoms with Gasteiger partial charge >= 0.3 is 0 Å². The van der Waals surface area contributed by atoms with Crippen molar-refractivity contribution in [2.75, 3.05) is 0 Å². The van der Waals surface area contributed by atoms with Crippen molar-refractivity contribution in [2.24, 2.45) is 0 Å². The summed E-state index contributed by atoms with van der Waals surface area (Å²) in [6.07, 6.45) is -1.28. The molecule has 0 amide bonds. The quantitative estimate of drug-likeness (QED) is 0.370. The van der Waals surface area contributed by atoms with E-state index < -0.39 is 19.1 Å². The van der Waals surface area contributed by atoms with Crippen molar-refractivity contribution in [3.05, 3.63) is 0 Å². The highest BCUT2D eigenvalue weighted by atomic mass is 35.7. The average molecular weight is 189 g/mol. The van der Waals surface area contributed by atoms with Crippen molar-refractivity contribution in [1.29, 1.82) is 0 Å². The van der Waals surface area contributed by atoms with Gasteiger partial charge in [-0.3, -0.25) is 0 Å². The van der Waals surface area contributed by atoms with E-state index in [2.05, 4.69) is 0 Å². The van der Waals surface area contributed by atoms with Crippen molar-refractivity contribution < 1.29 is 20.2 Å². The summed E-state index contributed by atoms with van der Waals surface area (Å²) in [7, 11) is -2.46. The van der Waals surface area contributed by atoms with Crippen LogP contribution in [0.5, 0.6) is 0 Å². The van der Waals surface area contributed by atoms with Gasteiger partial charge in [0.15, 0.2) is 7.50 Å². The Bertz CT molecular complexity index is 107. The minimum Gasteiger partial charge on any atom is -0.387 e. The fourth-order valence-corrected chi connectivity index (χ4v) is 1.16. The van der Waals surface area contributed by atoms with E-state index in [0.29, 0.717) is 0 Å². The Morgan fingerprint density at radius 1 is 1.60 bits per heavy atom. The Kier molecular flexibility index (Phi) is 4.02. The molecule has 2 unspecified atom stereocenters. The molecule has 0 spiro atoms. The van der Waals surface area contributed by atoms with Gasteiger partial charge in [-0.1, -0.05) is 18.2 Å². The van der Waals surface area contributed by atoms with E-state index in [4.69, 9.17) is 31.5 Å². The van der Waals surface area contributed by atoms with Gasteiger partial charge in [0.2, 0.25) is 5.53 Å². The summed E-state index contributed by atoms with van der Waals surface area (Å²) in [5, 5.41) is 26.5. The molecule has 0 saturated carbocycles. The molecular formula is C4H10ClO4P. The summed E-state index contributed by atoms with van der Waals surface area (Å²) in [5.41, 5.74) is -2.55. The third-order valence-corrected chi connectivity index (χ3v) is 2.69. The van der Waals surface area contributed by atoms with Crippen LogP contribution >= 0.6 is 18.7 Å². The van der Waals surface area contributed by atoms with E-state index in [1.807, 2.05) is 0 Å². The van der Waals surface area contributed by atoms with E-state index in [1.54, 1.807) is 6.92 Å². The molecule has 6 heteroatoms. The van der Waals surface area contributed by atoms with Crippen LogP contribution < -0.4 is 0 Å². The summed E-state index contributed by atoms with van der Waals surface area (Å²) in [5.74, 6) is 0. The Hall–Kier alpha value is 0.560. The molecule has 0 fully saturated rings. The molecule has 0 rings (SSSR count). The van der Waals surface area contributed by atoms with Gasteiger partial charge in [-0.15, -0.1) is 0 Å². The van der Waals surface area contributed by atoms with Crippen LogP contribution in [-0.4, -0.2) is 31.8 Å². The minimum atomic E-state index is -2.55. The lowest BCUT2D eigenvalue weighted by atomic mass is 10.3. The summed E-state index contributed by atoms with van der Waals surface area (Å²) < 4.78 is 0. The highest BCUT2D eigenvalue weighted by molar-refractivity contribution is 7.80. The van der Waals surface area contributed by atoms with Crippen LogP contribution in [0.15, 0.2) is 0 Å². The lowest BCUT2D eigenvalue weighted by Gasteiger charge is -2.26. The van der Waals surface area contributed by atoms with E-state index >= 15 is 0 Å². The Morgan fingerprint density at radius 3 is 2.10 bits per heavy atom. The molecule has 4 nitrogen and oxygen atoms in total. The van der Waals surface area contributed by atoms with Gasteiger partial charge in [0, 0.05) is 0 Å². The van der Waals surface area contributed by atoms with Crippen LogP contribution in [0.25, 0.3) is 0 Å². The number of hydrogen-bond acceptors (Lipinski definition) is 4. The molecule has 0 aliphatic heterocycles. The number of hydrogen-bond donors (Lipinski definition) is 4. The zero-order chi connectivity index (χ0) is 8.36. The third kappa shape index (κ3) is 2.31. The summed E-state index contributed by atoms with van der Waals surface area (Å²) >= 11 is 5.00. The molecule has 2 atom stereocenters. The Morgan fingerprint density at radius 2 is 2.00 bits per heavy atom. The first kappa shape index (κ1) is 10.6. The molecular weight excluding hydrogens is 178 g/mol. The van der Waals surface area contributed by atoms with Gasteiger partial charge in [-0.25, -0.2) is 0 Å². The SMILES string of the molecule is CCC(O)C(O)(O)P(O)Cl. The van der Waals surface area contributed by atoms with Gasteiger partial charge in [0.05, 0.1) is 0 Å². The number of aliphatic hydroxyl groups excluding tert-OH is 1. The van der Waals surface area contributed by atoms with Crippen LogP contribution in [0.4, 0.5) is 0 Å². The van der Waals surface area contributed by atoms with Crippen LogP contribution in [0.1, 0.15) is 13.3 Å². The van der Waals surface area contributed by atoms with Gasteiger partial charge < -0.3 is 20.2 Å². The molecule has 0 aromatic rings. The first-order chi connectivity index (χ1) is 4.42. The van der Waals surface area contributed by atoms with Gasteiger partial charge in [-0.05, 0) is 6.42 Å². The molecule has 62 valence electrons. The van der Waals surface area contributed by atoms with Crippen molar-refractivity contribution in [1.82, 2.24) is 0 Å². The Labute approximate surface area is 64.7 Å². The second-order valence-electron chi connectivity index (χ2n) is 1.87. The molecule has 0 aromatic carbocycles. The second kappa shape index (κ2) is 3.81. The molecule has 0 radical (unpaired) electrons. The normalized spacial score (nSPS) is 18.6. The first-order valence-corrected chi connectivity index (χ1v) is 4.90. The molecule has 0 bridgehead atoms. The average Bonchev–Trinajstić information content (AvgIpc) is 1.86. The number of rotatable bonds is 3.